The molecule has 0 aliphatic heterocycles. The second kappa shape index (κ2) is 6.80. The van der Waals surface area contributed by atoms with E-state index in [1.165, 1.54) is 13.8 Å². The maximum Gasteiger partial charge on any atom is 0.343 e. The minimum absolute atomic E-state index is 0.143. The van der Waals surface area contributed by atoms with Crippen LogP contribution in [0, 0.1) is 0 Å². The molecule has 0 saturated carbocycles. The van der Waals surface area contributed by atoms with Crippen LogP contribution in [-0.4, -0.2) is 58.9 Å². The Kier molecular flexibility index (Phi) is 6.51. The van der Waals surface area contributed by atoms with Crippen LogP contribution in [0.1, 0.15) is 20.8 Å². The van der Waals surface area contributed by atoms with Crippen molar-refractivity contribution in [3.05, 3.63) is 0 Å². The number of carbonyl (C=O) groups is 1. The lowest BCUT2D eigenvalue weighted by molar-refractivity contribution is -0.208. The molecule has 6 heteroatoms. The Hall–Kier alpha value is -0.690. The molecule has 0 aromatic heterocycles. The summed E-state index contributed by atoms with van der Waals surface area (Å²) in [4.78, 5) is 11.7. The number of aliphatic hydroxyl groups is 3. The molecule has 0 spiro atoms. The van der Waals surface area contributed by atoms with Crippen molar-refractivity contribution in [3.63, 3.8) is 0 Å². The van der Waals surface area contributed by atoms with Crippen LogP contribution in [-0.2, 0) is 14.3 Å². The van der Waals surface area contributed by atoms with Crippen LogP contribution in [0.4, 0.5) is 0 Å². The highest BCUT2D eigenvalue weighted by Gasteiger charge is 2.50. The SMILES string of the molecule is CCOC(C(=O)OCCO)(C(C)O)C(C)O. The quantitative estimate of drug-likeness (QED) is 0.494. The average molecular weight is 236 g/mol. The van der Waals surface area contributed by atoms with Crippen LogP contribution in [0.25, 0.3) is 0 Å². The van der Waals surface area contributed by atoms with Gasteiger partial charge in [0.25, 0.3) is 0 Å². The number of ether oxygens (including phenoxy) is 2. The van der Waals surface area contributed by atoms with Gasteiger partial charge in [-0.05, 0) is 20.8 Å². The Labute approximate surface area is 94.8 Å². The predicted molar refractivity (Wildman–Crippen MR) is 55.8 cm³/mol. The molecule has 2 unspecified atom stereocenters. The highest BCUT2D eigenvalue weighted by molar-refractivity contribution is 5.81. The van der Waals surface area contributed by atoms with Gasteiger partial charge in [0.2, 0.25) is 5.60 Å². The molecule has 6 nitrogen and oxygen atoms in total. The molecule has 0 bridgehead atoms. The predicted octanol–water partition coefficient (Wildman–Crippen LogP) is -0.941. The Balaban J connectivity index is 4.94. The van der Waals surface area contributed by atoms with Gasteiger partial charge < -0.3 is 24.8 Å². The van der Waals surface area contributed by atoms with Crippen LogP contribution in [0.3, 0.4) is 0 Å². The molecule has 0 amide bonds. The van der Waals surface area contributed by atoms with Crippen LogP contribution >= 0.6 is 0 Å². The van der Waals surface area contributed by atoms with E-state index < -0.39 is 23.8 Å². The van der Waals surface area contributed by atoms with Crippen molar-refractivity contribution in [3.8, 4) is 0 Å². The van der Waals surface area contributed by atoms with Crippen molar-refractivity contribution in [1.82, 2.24) is 0 Å². The molecule has 0 aromatic rings. The van der Waals surface area contributed by atoms with E-state index in [1.54, 1.807) is 6.92 Å². The van der Waals surface area contributed by atoms with Crippen LogP contribution in [0.2, 0.25) is 0 Å². The first-order valence-electron chi connectivity index (χ1n) is 5.21. The minimum atomic E-state index is -1.80. The second-order valence-electron chi connectivity index (χ2n) is 3.44. The van der Waals surface area contributed by atoms with Crippen molar-refractivity contribution in [2.24, 2.45) is 0 Å². The molecule has 0 rings (SSSR count). The highest BCUT2D eigenvalue weighted by Crippen LogP contribution is 2.23. The lowest BCUT2D eigenvalue weighted by Crippen LogP contribution is -2.59. The largest absolute Gasteiger partial charge is 0.461 e. The highest BCUT2D eigenvalue weighted by atomic mass is 16.6. The Bertz CT molecular complexity index is 205. The molecule has 0 aliphatic rings. The summed E-state index contributed by atoms with van der Waals surface area (Å²) in [6.45, 7) is 3.93. The maximum absolute atomic E-state index is 11.7. The summed E-state index contributed by atoms with van der Waals surface area (Å²) in [5, 5.41) is 27.7. The number of carbonyl (C=O) groups excluding carboxylic acids is 1. The van der Waals surface area contributed by atoms with Gasteiger partial charge in [0.05, 0.1) is 18.8 Å². The number of hydrogen-bond acceptors (Lipinski definition) is 6. The van der Waals surface area contributed by atoms with Crippen molar-refractivity contribution in [2.45, 2.75) is 38.6 Å². The lowest BCUT2D eigenvalue weighted by atomic mass is 9.91. The summed E-state index contributed by atoms with van der Waals surface area (Å²) in [5.74, 6) is -0.881. The van der Waals surface area contributed by atoms with Gasteiger partial charge in [-0.2, -0.15) is 0 Å². The smallest absolute Gasteiger partial charge is 0.343 e. The van der Waals surface area contributed by atoms with Crippen LogP contribution in [0.5, 0.6) is 0 Å². The van der Waals surface area contributed by atoms with Crippen LogP contribution in [0.15, 0.2) is 0 Å². The van der Waals surface area contributed by atoms with E-state index in [0.29, 0.717) is 0 Å². The fourth-order valence-electron chi connectivity index (χ4n) is 1.48. The standard InChI is InChI=1S/C10H20O6/c1-4-16-10(7(2)12,8(3)13)9(14)15-6-5-11/h7-8,11-13H,4-6H2,1-3H3. The molecule has 0 fully saturated rings. The topological polar surface area (TPSA) is 96.2 Å². The Morgan fingerprint density at radius 1 is 1.31 bits per heavy atom. The monoisotopic (exact) mass is 236 g/mol. The Morgan fingerprint density at radius 2 is 1.81 bits per heavy atom. The van der Waals surface area contributed by atoms with Gasteiger partial charge in [0.15, 0.2) is 0 Å². The molecule has 16 heavy (non-hydrogen) atoms. The number of esters is 1. The zero-order valence-electron chi connectivity index (χ0n) is 9.84. The Morgan fingerprint density at radius 3 is 2.12 bits per heavy atom. The van der Waals surface area contributed by atoms with Crippen molar-refractivity contribution in [2.75, 3.05) is 19.8 Å². The molecule has 0 radical (unpaired) electrons. The second-order valence-corrected chi connectivity index (χ2v) is 3.44. The number of hydrogen-bond donors (Lipinski definition) is 3. The summed E-state index contributed by atoms with van der Waals surface area (Å²) >= 11 is 0. The fraction of sp³-hybridized carbons (Fsp3) is 0.900. The van der Waals surface area contributed by atoms with Crippen molar-refractivity contribution < 1.29 is 29.6 Å². The van der Waals surface area contributed by atoms with Gasteiger partial charge in [0, 0.05) is 6.61 Å². The van der Waals surface area contributed by atoms with E-state index >= 15 is 0 Å². The summed E-state index contributed by atoms with van der Waals surface area (Å²) in [7, 11) is 0. The van der Waals surface area contributed by atoms with Gasteiger partial charge in [0.1, 0.15) is 6.61 Å². The zero-order chi connectivity index (χ0) is 12.8. The first-order chi connectivity index (χ1) is 7.43. The van der Waals surface area contributed by atoms with Gasteiger partial charge in [-0.15, -0.1) is 0 Å². The third kappa shape index (κ3) is 3.15. The molecule has 0 heterocycles. The van der Waals surface area contributed by atoms with Gasteiger partial charge >= 0.3 is 5.97 Å². The first kappa shape index (κ1) is 15.3. The molecular weight excluding hydrogens is 216 g/mol. The fourth-order valence-corrected chi connectivity index (χ4v) is 1.48. The molecule has 3 N–H and O–H groups in total. The number of rotatable bonds is 7. The average Bonchev–Trinajstić information content (AvgIpc) is 2.21. The minimum Gasteiger partial charge on any atom is -0.461 e. The summed E-state index contributed by atoms with van der Waals surface area (Å²) in [6, 6.07) is 0. The van der Waals surface area contributed by atoms with E-state index in [0.717, 1.165) is 0 Å². The molecular formula is C10H20O6. The molecule has 0 aromatic carbocycles. The lowest BCUT2D eigenvalue weighted by Gasteiger charge is -2.35. The van der Waals surface area contributed by atoms with E-state index in [9.17, 15) is 15.0 Å². The zero-order valence-corrected chi connectivity index (χ0v) is 9.84. The molecule has 2 atom stereocenters. The van der Waals surface area contributed by atoms with E-state index in [-0.39, 0.29) is 19.8 Å². The van der Waals surface area contributed by atoms with Crippen LogP contribution < -0.4 is 0 Å². The summed E-state index contributed by atoms with van der Waals surface area (Å²) in [5.41, 5.74) is -1.80. The molecule has 0 saturated heterocycles. The number of aliphatic hydroxyl groups excluding tert-OH is 3. The van der Waals surface area contributed by atoms with Gasteiger partial charge in [-0.25, -0.2) is 4.79 Å². The summed E-state index contributed by atoms with van der Waals surface area (Å²) in [6.07, 6.45) is -2.45. The van der Waals surface area contributed by atoms with Gasteiger partial charge in [-0.3, -0.25) is 0 Å². The molecule has 96 valence electrons. The van der Waals surface area contributed by atoms with E-state index in [4.69, 9.17) is 14.6 Å². The van der Waals surface area contributed by atoms with E-state index in [1.807, 2.05) is 0 Å². The summed E-state index contributed by atoms with van der Waals surface area (Å²) < 4.78 is 9.85. The third-order valence-corrected chi connectivity index (χ3v) is 2.27. The van der Waals surface area contributed by atoms with Crippen molar-refractivity contribution in [1.29, 1.82) is 0 Å². The molecule has 0 aliphatic carbocycles. The van der Waals surface area contributed by atoms with Crippen molar-refractivity contribution >= 4 is 5.97 Å². The third-order valence-electron chi connectivity index (χ3n) is 2.27. The van der Waals surface area contributed by atoms with E-state index in [2.05, 4.69) is 0 Å². The maximum atomic E-state index is 11.7. The first-order valence-corrected chi connectivity index (χ1v) is 5.21. The normalized spacial score (nSPS) is 18.6. The van der Waals surface area contributed by atoms with Gasteiger partial charge in [-0.1, -0.05) is 0 Å².